The SMILES string of the molecule is CC(=O)OC[C@@]1(O)[C@@H](OC(C)=O)C=C2C(COC(=O)CC(C)C)=CO[C@@H](OC(=O)CC(C)C)[C@@H]21. The van der Waals surface area contributed by atoms with E-state index in [-0.39, 0.29) is 31.3 Å². The van der Waals surface area contributed by atoms with E-state index >= 15 is 0 Å². The Labute approximate surface area is 199 Å². The minimum atomic E-state index is -1.99. The Bertz CT molecular complexity index is 856. The molecule has 0 spiro atoms. The molecule has 0 saturated carbocycles. The van der Waals surface area contributed by atoms with Crippen molar-refractivity contribution in [3.8, 4) is 0 Å². The first kappa shape index (κ1) is 27.4. The van der Waals surface area contributed by atoms with Crippen LogP contribution in [0.4, 0.5) is 0 Å². The third-order valence-corrected chi connectivity index (χ3v) is 5.27. The van der Waals surface area contributed by atoms with E-state index < -0.39 is 54.4 Å². The van der Waals surface area contributed by atoms with Gasteiger partial charge in [0.15, 0.2) is 11.7 Å². The number of esters is 4. The first-order valence-corrected chi connectivity index (χ1v) is 11.3. The molecule has 34 heavy (non-hydrogen) atoms. The number of carbonyl (C=O) groups excluding carboxylic acids is 4. The summed E-state index contributed by atoms with van der Waals surface area (Å²) in [6, 6.07) is 0. The summed E-state index contributed by atoms with van der Waals surface area (Å²) in [5.41, 5.74) is -1.18. The summed E-state index contributed by atoms with van der Waals surface area (Å²) in [6.45, 7) is 9.09. The van der Waals surface area contributed by atoms with Crippen LogP contribution in [0.1, 0.15) is 54.4 Å². The maximum Gasteiger partial charge on any atom is 0.309 e. The second-order valence-electron chi connectivity index (χ2n) is 9.40. The molecule has 4 atom stereocenters. The Morgan fingerprint density at radius 3 is 2.15 bits per heavy atom. The Balaban J connectivity index is 2.39. The van der Waals surface area contributed by atoms with Crippen LogP contribution in [0.25, 0.3) is 0 Å². The lowest BCUT2D eigenvalue weighted by atomic mass is 9.82. The smallest absolute Gasteiger partial charge is 0.309 e. The van der Waals surface area contributed by atoms with Crippen molar-refractivity contribution in [2.24, 2.45) is 17.8 Å². The van der Waals surface area contributed by atoms with Crippen molar-refractivity contribution in [3.63, 3.8) is 0 Å². The molecule has 0 saturated heterocycles. The Kier molecular flexibility index (Phi) is 9.26. The minimum Gasteiger partial charge on any atom is -0.463 e. The van der Waals surface area contributed by atoms with Gasteiger partial charge < -0.3 is 28.8 Å². The van der Waals surface area contributed by atoms with E-state index in [1.807, 2.05) is 27.7 Å². The molecule has 190 valence electrons. The fourth-order valence-electron chi connectivity index (χ4n) is 3.82. The predicted molar refractivity (Wildman–Crippen MR) is 118 cm³/mol. The maximum atomic E-state index is 12.4. The van der Waals surface area contributed by atoms with Gasteiger partial charge >= 0.3 is 23.9 Å². The van der Waals surface area contributed by atoms with E-state index in [0.717, 1.165) is 0 Å². The van der Waals surface area contributed by atoms with Crippen LogP contribution in [-0.2, 0) is 42.9 Å². The molecule has 0 amide bonds. The molecular formula is C24H34O10. The van der Waals surface area contributed by atoms with Gasteiger partial charge in [-0.1, -0.05) is 27.7 Å². The van der Waals surface area contributed by atoms with Gasteiger partial charge in [-0.3, -0.25) is 19.2 Å². The molecule has 0 aromatic rings. The standard InChI is InChI=1S/C24H34O10/c1-13(2)7-20(27)30-10-17-11-31-23(34-21(28)8-14(3)4)22-18(17)9-19(33-16(6)26)24(22,29)12-32-15(5)25/h9,11,13-14,19,22-23,29H,7-8,10,12H2,1-6H3/t19-,22+,23-,24+/m0/s1. The molecule has 0 aromatic heterocycles. The number of aliphatic hydroxyl groups is 1. The maximum absolute atomic E-state index is 12.4. The monoisotopic (exact) mass is 482 g/mol. The largest absolute Gasteiger partial charge is 0.463 e. The van der Waals surface area contributed by atoms with Crippen LogP contribution in [0.5, 0.6) is 0 Å². The topological polar surface area (TPSA) is 135 Å². The number of carbonyl (C=O) groups is 4. The summed E-state index contributed by atoms with van der Waals surface area (Å²) in [6.07, 6.45) is 0.592. The average Bonchev–Trinajstić information content (AvgIpc) is 2.97. The number of hydrogen-bond acceptors (Lipinski definition) is 10. The highest BCUT2D eigenvalue weighted by Crippen LogP contribution is 2.47. The van der Waals surface area contributed by atoms with Crippen LogP contribution in [0, 0.1) is 17.8 Å². The normalized spacial score (nSPS) is 25.6. The van der Waals surface area contributed by atoms with Gasteiger partial charge in [0, 0.05) is 32.3 Å². The van der Waals surface area contributed by atoms with E-state index in [0.29, 0.717) is 11.1 Å². The second-order valence-corrected chi connectivity index (χ2v) is 9.40. The van der Waals surface area contributed by atoms with Gasteiger partial charge in [-0.15, -0.1) is 0 Å². The first-order valence-electron chi connectivity index (χ1n) is 11.3. The number of fused-ring (bicyclic) bond motifs is 1. The van der Waals surface area contributed by atoms with Crippen LogP contribution in [0.2, 0.25) is 0 Å². The molecule has 1 heterocycles. The van der Waals surface area contributed by atoms with E-state index in [1.165, 1.54) is 26.2 Å². The van der Waals surface area contributed by atoms with Crippen molar-refractivity contribution in [3.05, 3.63) is 23.5 Å². The molecule has 2 aliphatic rings. The average molecular weight is 483 g/mol. The highest BCUT2D eigenvalue weighted by Gasteiger charge is 2.59. The highest BCUT2D eigenvalue weighted by molar-refractivity contribution is 5.71. The molecule has 0 fully saturated rings. The summed E-state index contributed by atoms with van der Waals surface area (Å²) >= 11 is 0. The number of ether oxygens (including phenoxy) is 5. The fraction of sp³-hybridized carbons (Fsp3) is 0.667. The molecule has 10 heteroatoms. The minimum absolute atomic E-state index is 0.0230. The molecule has 0 bridgehead atoms. The Hall–Kier alpha value is -2.88. The van der Waals surface area contributed by atoms with Crippen LogP contribution in [0.15, 0.2) is 23.5 Å². The first-order chi connectivity index (χ1) is 15.8. The van der Waals surface area contributed by atoms with Crippen molar-refractivity contribution in [1.82, 2.24) is 0 Å². The lowest BCUT2D eigenvalue weighted by Gasteiger charge is -2.40. The van der Waals surface area contributed by atoms with E-state index in [4.69, 9.17) is 23.7 Å². The van der Waals surface area contributed by atoms with Crippen LogP contribution in [0.3, 0.4) is 0 Å². The third-order valence-electron chi connectivity index (χ3n) is 5.27. The molecule has 0 unspecified atom stereocenters. The van der Waals surface area contributed by atoms with Crippen LogP contribution in [-0.4, -0.2) is 60.2 Å². The molecule has 2 rings (SSSR count). The summed E-state index contributed by atoms with van der Waals surface area (Å²) in [7, 11) is 0. The second kappa shape index (κ2) is 11.5. The summed E-state index contributed by atoms with van der Waals surface area (Å²) in [4.78, 5) is 47.7. The van der Waals surface area contributed by atoms with Gasteiger partial charge in [0.25, 0.3) is 6.29 Å². The number of hydrogen-bond donors (Lipinski definition) is 1. The zero-order valence-corrected chi connectivity index (χ0v) is 20.5. The van der Waals surface area contributed by atoms with Gasteiger partial charge in [-0.25, -0.2) is 0 Å². The van der Waals surface area contributed by atoms with Crippen molar-refractivity contribution >= 4 is 23.9 Å². The molecule has 1 aliphatic heterocycles. The summed E-state index contributed by atoms with van der Waals surface area (Å²) < 4.78 is 26.9. The molecule has 1 aliphatic carbocycles. The molecule has 0 radical (unpaired) electrons. The highest BCUT2D eigenvalue weighted by atomic mass is 16.7. The molecule has 10 nitrogen and oxygen atoms in total. The predicted octanol–water partition coefficient (Wildman–Crippen LogP) is 2.19. The van der Waals surface area contributed by atoms with Crippen LogP contribution < -0.4 is 0 Å². The van der Waals surface area contributed by atoms with Crippen molar-refractivity contribution in [2.75, 3.05) is 13.2 Å². The van der Waals surface area contributed by atoms with Gasteiger partial charge in [0.05, 0.1) is 12.2 Å². The van der Waals surface area contributed by atoms with Gasteiger partial charge in [-0.2, -0.15) is 0 Å². The quantitative estimate of drug-likeness (QED) is 0.365. The Morgan fingerprint density at radius 2 is 1.59 bits per heavy atom. The van der Waals surface area contributed by atoms with E-state index in [9.17, 15) is 24.3 Å². The zero-order chi connectivity index (χ0) is 25.6. The van der Waals surface area contributed by atoms with Crippen molar-refractivity contribution < 1.29 is 48.0 Å². The van der Waals surface area contributed by atoms with Crippen molar-refractivity contribution in [1.29, 1.82) is 0 Å². The zero-order valence-electron chi connectivity index (χ0n) is 20.5. The van der Waals surface area contributed by atoms with E-state index in [1.54, 1.807) is 0 Å². The third kappa shape index (κ3) is 7.06. The summed E-state index contributed by atoms with van der Waals surface area (Å²) in [5, 5.41) is 11.6. The molecular weight excluding hydrogens is 448 g/mol. The van der Waals surface area contributed by atoms with Crippen LogP contribution >= 0.6 is 0 Å². The lowest BCUT2D eigenvalue weighted by Crippen LogP contribution is -2.55. The molecule has 1 N–H and O–H groups in total. The Morgan fingerprint density at radius 1 is 0.971 bits per heavy atom. The summed E-state index contributed by atoms with van der Waals surface area (Å²) in [5.74, 6) is -3.24. The van der Waals surface area contributed by atoms with E-state index in [2.05, 4.69) is 0 Å². The van der Waals surface area contributed by atoms with Gasteiger partial charge in [0.1, 0.15) is 13.2 Å². The fourth-order valence-corrected chi connectivity index (χ4v) is 3.82. The van der Waals surface area contributed by atoms with Crippen molar-refractivity contribution in [2.45, 2.75) is 72.4 Å². The van der Waals surface area contributed by atoms with Gasteiger partial charge in [0.2, 0.25) is 0 Å². The lowest BCUT2D eigenvalue weighted by molar-refractivity contribution is -0.217. The van der Waals surface area contributed by atoms with Gasteiger partial charge in [-0.05, 0) is 23.5 Å². The molecule has 0 aromatic carbocycles. The number of rotatable bonds is 10.